The minimum absolute atomic E-state index is 0.108. The molecule has 0 bridgehead atoms. The SMILES string of the molecule is CCCNC(=O)N1CCc2cc(S(=O)(=O)N3CC(=O)Nc4ccccc43)ccc21. The van der Waals surface area contributed by atoms with E-state index in [4.69, 9.17) is 0 Å². The van der Waals surface area contributed by atoms with Gasteiger partial charge in [0.2, 0.25) is 5.91 Å². The molecule has 2 aliphatic heterocycles. The van der Waals surface area contributed by atoms with Crippen molar-refractivity contribution >= 4 is 39.0 Å². The molecule has 29 heavy (non-hydrogen) atoms. The molecule has 0 fully saturated rings. The minimum atomic E-state index is -3.93. The summed E-state index contributed by atoms with van der Waals surface area (Å²) in [5.41, 5.74) is 2.42. The van der Waals surface area contributed by atoms with Crippen LogP contribution in [0.25, 0.3) is 0 Å². The van der Waals surface area contributed by atoms with E-state index in [1.807, 2.05) is 6.92 Å². The number of hydrogen-bond donors (Lipinski definition) is 2. The summed E-state index contributed by atoms with van der Waals surface area (Å²) in [5.74, 6) is -0.382. The molecular formula is C20H22N4O4S. The number of nitrogens with zero attached hydrogens (tertiary/aromatic N) is 2. The Labute approximate surface area is 169 Å². The lowest BCUT2D eigenvalue weighted by molar-refractivity contribution is -0.115. The van der Waals surface area contributed by atoms with Crippen molar-refractivity contribution in [3.05, 3.63) is 48.0 Å². The van der Waals surface area contributed by atoms with Gasteiger partial charge in [-0.1, -0.05) is 19.1 Å². The lowest BCUT2D eigenvalue weighted by Gasteiger charge is -2.30. The molecule has 0 saturated heterocycles. The number of benzene rings is 2. The smallest absolute Gasteiger partial charge is 0.321 e. The van der Waals surface area contributed by atoms with Gasteiger partial charge in [0.25, 0.3) is 10.0 Å². The number of rotatable bonds is 4. The molecule has 0 radical (unpaired) electrons. The Kier molecular flexibility index (Phi) is 4.91. The first-order chi connectivity index (χ1) is 13.9. The van der Waals surface area contributed by atoms with E-state index in [-0.39, 0.29) is 23.4 Å². The van der Waals surface area contributed by atoms with Gasteiger partial charge >= 0.3 is 6.03 Å². The Morgan fingerprint density at radius 1 is 1.17 bits per heavy atom. The van der Waals surface area contributed by atoms with E-state index in [1.165, 1.54) is 6.07 Å². The van der Waals surface area contributed by atoms with Gasteiger partial charge in [0.1, 0.15) is 6.54 Å². The molecule has 0 saturated carbocycles. The Hall–Kier alpha value is -3.07. The predicted octanol–water partition coefficient (Wildman–Crippen LogP) is 2.32. The monoisotopic (exact) mass is 414 g/mol. The average molecular weight is 414 g/mol. The zero-order valence-electron chi connectivity index (χ0n) is 16.0. The molecule has 0 aliphatic carbocycles. The summed E-state index contributed by atoms with van der Waals surface area (Å²) in [6.45, 7) is 2.80. The fourth-order valence-electron chi connectivity index (χ4n) is 3.62. The van der Waals surface area contributed by atoms with Crippen molar-refractivity contribution in [3.8, 4) is 0 Å². The van der Waals surface area contributed by atoms with Crippen LogP contribution in [0.5, 0.6) is 0 Å². The van der Waals surface area contributed by atoms with Crippen molar-refractivity contribution in [2.24, 2.45) is 0 Å². The zero-order valence-corrected chi connectivity index (χ0v) is 16.8. The first-order valence-electron chi connectivity index (χ1n) is 9.51. The fourth-order valence-corrected chi connectivity index (χ4v) is 5.11. The Morgan fingerprint density at radius 3 is 2.76 bits per heavy atom. The average Bonchev–Trinajstić information content (AvgIpc) is 3.14. The number of para-hydroxylation sites is 2. The number of anilines is 3. The van der Waals surface area contributed by atoms with Gasteiger partial charge in [-0.15, -0.1) is 0 Å². The molecule has 2 aromatic rings. The van der Waals surface area contributed by atoms with Crippen molar-refractivity contribution in [3.63, 3.8) is 0 Å². The van der Waals surface area contributed by atoms with Crippen LogP contribution in [-0.2, 0) is 21.2 Å². The number of nitrogens with one attached hydrogen (secondary N) is 2. The van der Waals surface area contributed by atoms with Crippen LogP contribution in [0, 0.1) is 0 Å². The van der Waals surface area contributed by atoms with Gasteiger partial charge in [-0.25, -0.2) is 13.2 Å². The largest absolute Gasteiger partial charge is 0.338 e. The molecular weight excluding hydrogens is 392 g/mol. The number of hydrogen-bond acceptors (Lipinski definition) is 4. The summed E-state index contributed by atoms with van der Waals surface area (Å²) in [7, 11) is -3.93. The minimum Gasteiger partial charge on any atom is -0.338 e. The Morgan fingerprint density at radius 2 is 1.97 bits per heavy atom. The molecule has 0 aromatic heterocycles. The summed E-state index contributed by atoms with van der Waals surface area (Å²) >= 11 is 0. The molecule has 2 aliphatic rings. The summed E-state index contributed by atoms with van der Waals surface area (Å²) in [4.78, 5) is 26.1. The highest BCUT2D eigenvalue weighted by atomic mass is 32.2. The van der Waals surface area contributed by atoms with Crippen LogP contribution in [0.1, 0.15) is 18.9 Å². The standard InChI is InChI=1S/C20H22N4O4S/c1-2-10-21-20(26)23-11-9-14-12-15(7-8-17(14)23)29(27,28)24-13-19(25)22-16-5-3-4-6-18(16)24/h3-8,12H,2,9-11,13H2,1H3,(H,21,26)(H,22,25). The number of fused-ring (bicyclic) bond motifs is 2. The summed E-state index contributed by atoms with van der Waals surface area (Å²) in [5, 5.41) is 5.54. The van der Waals surface area contributed by atoms with Gasteiger partial charge in [-0.2, -0.15) is 0 Å². The van der Waals surface area contributed by atoms with Crippen LogP contribution in [0.2, 0.25) is 0 Å². The lowest BCUT2D eigenvalue weighted by atomic mass is 10.2. The lowest BCUT2D eigenvalue weighted by Crippen LogP contribution is -2.42. The van der Waals surface area contributed by atoms with E-state index in [2.05, 4.69) is 10.6 Å². The van der Waals surface area contributed by atoms with Gasteiger partial charge in [0.15, 0.2) is 0 Å². The molecule has 8 nitrogen and oxygen atoms in total. The molecule has 9 heteroatoms. The maximum atomic E-state index is 13.3. The number of amides is 3. The summed E-state index contributed by atoms with van der Waals surface area (Å²) in [6.07, 6.45) is 1.42. The highest BCUT2D eigenvalue weighted by Crippen LogP contribution is 2.35. The topological polar surface area (TPSA) is 98.8 Å². The van der Waals surface area contributed by atoms with E-state index >= 15 is 0 Å². The third-order valence-electron chi connectivity index (χ3n) is 5.04. The van der Waals surface area contributed by atoms with Crippen LogP contribution in [0.15, 0.2) is 47.4 Å². The van der Waals surface area contributed by atoms with Crippen molar-refractivity contribution in [1.82, 2.24) is 5.32 Å². The van der Waals surface area contributed by atoms with E-state index < -0.39 is 10.0 Å². The van der Waals surface area contributed by atoms with Crippen LogP contribution in [0.3, 0.4) is 0 Å². The molecule has 0 atom stereocenters. The first-order valence-corrected chi connectivity index (χ1v) is 11.0. The fraction of sp³-hybridized carbons (Fsp3) is 0.300. The molecule has 2 N–H and O–H groups in total. The van der Waals surface area contributed by atoms with Gasteiger partial charge in [0, 0.05) is 18.8 Å². The van der Waals surface area contributed by atoms with Crippen molar-refractivity contribution in [2.45, 2.75) is 24.7 Å². The van der Waals surface area contributed by atoms with Crippen molar-refractivity contribution < 1.29 is 18.0 Å². The van der Waals surface area contributed by atoms with Crippen molar-refractivity contribution in [2.75, 3.05) is 34.2 Å². The van der Waals surface area contributed by atoms with Crippen LogP contribution >= 0.6 is 0 Å². The molecule has 2 aromatic carbocycles. The second kappa shape index (κ2) is 7.40. The molecule has 4 rings (SSSR count). The maximum absolute atomic E-state index is 13.3. The van der Waals surface area contributed by atoms with Gasteiger partial charge in [-0.05, 0) is 48.7 Å². The van der Waals surface area contributed by atoms with Gasteiger partial charge < -0.3 is 10.6 Å². The first kappa shape index (κ1) is 19.3. The normalized spacial score (nSPS) is 15.6. The third kappa shape index (κ3) is 3.42. The van der Waals surface area contributed by atoms with Crippen LogP contribution in [-0.4, -0.2) is 40.0 Å². The highest BCUT2D eigenvalue weighted by molar-refractivity contribution is 7.92. The maximum Gasteiger partial charge on any atom is 0.321 e. The van der Waals surface area contributed by atoms with Crippen LogP contribution in [0.4, 0.5) is 21.9 Å². The molecule has 0 unspecified atom stereocenters. The Bertz CT molecular complexity index is 1080. The van der Waals surface area contributed by atoms with E-state index in [9.17, 15) is 18.0 Å². The number of carbonyl (C=O) groups is 2. The van der Waals surface area contributed by atoms with Crippen molar-refractivity contribution in [1.29, 1.82) is 0 Å². The van der Waals surface area contributed by atoms with E-state index in [1.54, 1.807) is 41.3 Å². The molecule has 2 heterocycles. The Balaban J connectivity index is 1.66. The van der Waals surface area contributed by atoms with Gasteiger partial charge in [0.05, 0.1) is 16.3 Å². The number of carbonyl (C=O) groups excluding carboxylic acids is 2. The molecule has 0 spiro atoms. The third-order valence-corrected chi connectivity index (χ3v) is 6.80. The number of sulfonamides is 1. The second-order valence-corrected chi connectivity index (χ2v) is 8.86. The van der Waals surface area contributed by atoms with Gasteiger partial charge in [-0.3, -0.25) is 14.0 Å². The molecule has 152 valence electrons. The zero-order chi connectivity index (χ0) is 20.6. The van der Waals surface area contributed by atoms with Crippen LogP contribution < -0.4 is 19.8 Å². The highest BCUT2D eigenvalue weighted by Gasteiger charge is 2.34. The van der Waals surface area contributed by atoms with E-state index in [0.717, 1.165) is 16.3 Å². The van der Waals surface area contributed by atoms with E-state index in [0.29, 0.717) is 36.6 Å². The predicted molar refractivity (Wildman–Crippen MR) is 111 cm³/mol. The second-order valence-electron chi connectivity index (χ2n) is 7.00. The quantitative estimate of drug-likeness (QED) is 0.802. The summed E-state index contributed by atoms with van der Waals surface area (Å²) in [6, 6.07) is 11.4. The number of urea groups is 1. The molecule has 3 amide bonds. The summed E-state index contributed by atoms with van der Waals surface area (Å²) < 4.78 is 27.7.